The lowest BCUT2D eigenvalue weighted by Crippen LogP contribution is -2.45. The lowest BCUT2D eigenvalue weighted by atomic mass is 9.86. The summed E-state index contributed by atoms with van der Waals surface area (Å²) in [6.07, 6.45) is 2.97. The zero-order valence-electron chi connectivity index (χ0n) is 15.5. The summed E-state index contributed by atoms with van der Waals surface area (Å²) in [5.74, 6) is 0.225. The van der Waals surface area contributed by atoms with Crippen LogP contribution in [0.5, 0.6) is 0 Å². The van der Waals surface area contributed by atoms with Crippen molar-refractivity contribution in [3.05, 3.63) is 29.3 Å². The number of halogens is 2. The first-order valence-electron chi connectivity index (χ1n) is 8.76. The Bertz CT molecular complexity index is 593. The van der Waals surface area contributed by atoms with E-state index in [1.165, 1.54) is 11.1 Å². The highest BCUT2D eigenvalue weighted by Gasteiger charge is 2.28. The molecule has 4 nitrogen and oxygen atoms in total. The Morgan fingerprint density at radius 3 is 2.40 bits per heavy atom. The first-order valence-corrected chi connectivity index (χ1v) is 8.76. The fourth-order valence-corrected chi connectivity index (χ4v) is 3.52. The molecule has 3 rings (SSSR count). The number of nitrogens with zero attached hydrogens (tertiary/aromatic N) is 2. The Hall–Kier alpha value is -0.810. The zero-order valence-corrected chi connectivity index (χ0v) is 17.1. The molecule has 2 N–H and O–H groups in total. The van der Waals surface area contributed by atoms with Gasteiger partial charge < -0.3 is 10.6 Å². The number of nitrogens with two attached hydrogens (primary N) is 1. The van der Waals surface area contributed by atoms with E-state index in [4.69, 9.17) is 5.73 Å². The minimum atomic E-state index is 0. The lowest BCUT2D eigenvalue weighted by molar-refractivity contribution is -0.119. The molecule has 2 aliphatic rings. The molecule has 0 saturated carbocycles. The molecule has 0 bridgehead atoms. The number of benzene rings is 1. The third-order valence-corrected chi connectivity index (χ3v) is 5.13. The zero-order chi connectivity index (χ0) is 16.6. The Kier molecular flexibility index (Phi) is 7.75. The van der Waals surface area contributed by atoms with Crippen molar-refractivity contribution in [3.63, 3.8) is 0 Å². The van der Waals surface area contributed by atoms with Crippen LogP contribution >= 0.6 is 24.8 Å². The average molecular weight is 388 g/mol. The maximum atomic E-state index is 12.7. The van der Waals surface area contributed by atoms with Gasteiger partial charge in [0.15, 0.2) is 0 Å². The van der Waals surface area contributed by atoms with E-state index >= 15 is 0 Å². The van der Waals surface area contributed by atoms with Crippen LogP contribution in [0.3, 0.4) is 0 Å². The van der Waals surface area contributed by atoms with Crippen LogP contribution in [-0.4, -0.2) is 43.0 Å². The van der Waals surface area contributed by atoms with Gasteiger partial charge in [0.2, 0.25) is 5.91 Å². The van der Waals surface area contributed by atoms with Crippen molar-refractivity contribution < 1.29 is 4.79 Å². The first-order chi connectivity index (χ1) is 10.8. The first kappa shape index (κ1) is 22.2. The summed E-state index contributed by atoms with van der Waals surface area (Å²) in [4.78, 5) is 16.9. The molecular weight excluding hydrogens is 357 g/mol. The van der Waals surface area contributed by atoms with Crippen LogP contribution in [-0.2, 0) is 16.6 Å². The van der Waals surface area contributed by atoms with Gasteiger partial charge in [-0.3, -0.25) is 9.69 Å². The molecular formula is C19H31Cl2N3O. The van der Waals surface area contributed by atoms with Crippen molar-refractivity contribution in [1.82, 2.24) is 4.90 Å². The third-order valence-electron chi connectivity index (χ3n) is 5.13. The normalized spacial score (nSPS) is 18.3. The summed E-state index contributed by atoms with van der Waals surface area (Å²) in [6, 6.07) is 6.89. The van der Waals surface area contributed by atoms with Crippen LogP contribution in [0.25, 0.3) is 0 Å². The quantitative estimate of drug-likeness (QED) is 0.847. The van der Waals surface area contributed by atoms with Gasteiger partial charge in [-0.2, -0.15) is 0 Å². The minimum Gasteiger partial charge on any atom is -0.328 e. The number of carbonyl (C=O) groups is 1. The molecule has 2 heterocycles. The predicted molar refractivity (Wildman–Crippen MR) is 109 cm³/mol. The molecule has 0 atom stereocenters. The Morgan fingerprint density at radius 1 is 1.16 bits per heavy atom. The van der Waals surface area contributed by atoms with Crippen LogP contribution in [0.2, 0.25) is 0 Å². The van der Waals surface area contributed by atoms with Crippen molar-refractivity contribution in [2.45, 2.75) is 51.5 Å². The molecule has 2 aliphatic heterocycles. The van der Waals surface area contributed by atoms with Gasteiger partial charge in [-0.05, 0) is 41.9 Å². The van der Waals surface area contributed by atoms with E-state index in [1.54, 1.807) is 0 Å². The number of carbonyl (C=O) groups excluding carboxylic acids is 1. The second-order valence-corrected chi connectivity index (χ2v) is 8.00. The predicted octanol–water partition coefficient (Wildman–Crippen LogP) is 3.14. The molecule has 1 aromatic rings. The second kappa shape index (κ2) is 8.72. The van der Waals surface area contributed by atoms with Gasteiger partial charge in [0.25, 0.3) is 0 Å². The van der Waals surface area contributed by atoms with Crippen LogP contribution in [0, 0.1) is 0 Å². The summed E-state index contributed by atoms with van der Waals surface area (Å²) >= 11 is 0. The number of anilines is 1. The lowest BCUT2D eigenvalue weighted by Gasteiger charge is -2.31. The number of amides is 1. The summed E-state index contributed by atoms with van der Waals surface area (Å²) in [5.41, 5.74) is 9.85. The van der Waals surface area contributed by atoms with Gasteiger partial charge in [-0.15, -0.1) is 24.8 Å². The molecule has 1 saturated heterocycles. The smallest absolute Gasteiger partial charge is 0.241 e. The second-order valence-electron chi connectivity index (χ2n) is 8.00. The molecule has 1 aromatic carbocycles. The summed E-state index contributed by atoms with van der Waals surface area (Å²) in [5, 5.41) is 0. The number of piperidine rings is 1. The van der Waals surface area contributed by atoms with Crippen molar-refractivity contribution in [2.24, 2.45) is 5.73 Å². The Balaban J connectivity index is 0.00000156. The summed E-state index contributed by atoms with van der Waals surface area (Å²) in [6.45, 7) is 9.91. The fourth-order valence-electron chi connectivity index (χ4n) is 3.52. The molecule has 0 unspecified atom stereocenters. The van der Waals surface area contributed by atoms with Gasteiger partial charge in [0.05, 0.1) is 6.54 Å². The Morgan fingerprint density at radius 2 is 1.80 bits per heavy atom. The van der Waals surface area contributed by atoms with E-state index in [0.29, 0.717) is 12.6 Å². The molecule has 25 heavy (non-hydrogen) atoms. The van der Waals surface area contributed by atoms with E-state index < -0.39 is 0 Å². The molecule has 0 spiro atoms. The Labute approximate surface area is 163 Å². The molecule has 0 radical (unpaired) electrons. The molecule has 0 aliphatic carbocycles. The van der Waals surface area contributed by atoms with Crippen LogP contribution in [0.4, 0.5) is 5.69 Å². The highest BCUT2D eigenvalue weighted by molar-refractivity contribution is 5.96. The highest BCUT2D eigenvalue weighted by atomic mass is 35.5. The largest absolute Gasteiger partial charge is 0.328 e. The van der Waals surface area contributed by atoms with Crippen molar-refractivity contribution in [3.8, 4) is 0 Å². The van der Waals surface area contributed by atoms with E-state index in [9.17, 15) is 4.79 Å². The molecule has 1 fully saturated rings. The number of likely N-dealkylation sites (tertiary alicyclic amines) is 1. The van der Waals surface area contributed by atoms with Crippen LogP contribution in [0.1, 0.15) is 44.7 Å². The summed E-state index contributed by atoms with van der Waals surface area (Å²) in [7, 11) is 0. The van der Waals surface area contributed by atoms with Crippen molar-refractivity contribution in [2.75, 3.05) is 31.1 Å². The minimum absolute atomic E-state index is 0. The van der Waals surface area contributed by atoms with Crippen LogP contribution < -0.4 is 10.6 Å². The molecule has 1 amide bonds. The number of hydrogen-bond donors (Lipinski definition) is 1. The topological polar surface area (TPSA) is 49.6 Å². The molecule has 0 aromatic heterocycles. The molecule has 6 heteroatoms. The number of fused-ring (bicyclic) bond motifs is 1. The van der Waals surface area contributed by atoms with E-state index in [1.807, 2.05) is 4.90 Å². The van der Waals surface area contributed by atoms with Gasteiger partial charge in [0, 0.05) is 31.4 Å². The fraction of sp³-hybridized carbons (Fsp3) is 0.632. The summed E-state index contributed by atoms with van der Waals surface area (Å²) < 4.78 is 0. The van der Waals surface area contributed by atoms with E-state index in [2.05, 4.69) is 43.9 Å². The van der Waals surface area contributed by atoms with Gasteiger partial charge in [0.1, 0.15) is 0 Å². The van der Waals surface area contributed by atoms with E-state index in [-0.39, 0.29) is 36.1 Å². The SMILES string of the molecule is CC(C)(C)c1ccc2c(c1)CCN2C(=O)CN1CCC(N)CC1.Cl.Cl. The highest BCUT2D eigenvalue weighted by Crippen LogP contribution is 2.33. The number of rotatable bonds is 2. The van der Waals surface area contributed by atoms with Gasteiger partial charge in [-0.1, -0.05) is 32.9 Å². The average Bonchev–Trinajstić information content (AvgIpc) is 2.92. The third kappa shape index (κ3) is 5.10. The van der Waals surface area contributed by atoms with E-state index in [0.717, 1.165) is 44.6 Å². The molecule has 142 valence electrons. The van der Waals surface area contributed by atoms with Gasteiger partial charge >= 0.3 is 0 Å². The van der Waals surface area contributed by atoms with Crippen LogP contribution in [0.15, 0.2) is 18.2 Å². The maximum Gasteiger partial charge on any atom is 0.241 e. The standard InChI is InChI=1S/C19H29N3O.2ClH/c1-19(2,3)15-4-5-17-14(12-15)6-11-22(17)18(23)13-21-9-7-16(20)8-10-21;;/h4-5,12,16H,6-11,13,20H2,1-3H3;2*1H. The monoisotopic (exact) mass is 387 g/mol. The maximum absolute atomic E-state index is 12.7. The van der Waals surface area contributed by atoms with Gasteiger partial charge in [-0.25, -0.2) is 0 Å². The van der Waals surface area contributed by atoms with Crippen molar-refractivity contribution >= 4 is 36.4 Å². The van der Waals surface area contributed by atoms with Crippen molar-refractivity contribution in [1.29, 1.82) is 0 Å². The number of hydrogen-bond acceptors (Lipinski definition) is 3.